The second kappa shape index (κ2) is 3.30. The summed E-state index contributed by atoms with van der Waals surface area (Å²) in [5, 5.41) is 0. The van der Waals surface area contributed by atoms with E-state index in [4.69, 9.17) is 0 Å². The molecule has 2 rings (SSSR count). The van der Waals surface area contributed by atoms with Crippen LogP contribution >= 0.6 is 0 Å². The number of rotatable bonds is 0. The van der Waals surface area contributed by atoms with E-state index in [2.05, 4.69) is 0 Å². The van der Waals surface area contributed by atoms with E-state index in [1.807, 2.05) is 0 Å². The van der Waals surface area contributed by atoms with Crippen molar-refractivity contribution in [2.75, 3.05) is 0 Å². The number of hydrogen-bond donors (Lipinski definition) is 0. The molecule has 1 spiro atoms. The van der Waals surface area contributed by atoms with Gasteiger partial charge in [-0.3, -0.25) is 14.4 Å². The van der Waals surface area contributed by atoms with Gasteiger partial charge in [-0.1, -0.05) is 19.3 Å². The molecule has 0 radical (unpaired) electrons. The lowest BCUT2D eigenvalue weighted by Crippen LogP contribution is -2.41. The van der Waals surface area contributed by atoms with Crippen molar-refractivity contribution in [3.8, 4) is 0 Å². The van der Waals surface area contributed by atoms with Gasteiger partial charge in [0.1, 0.15) is 0 Å². The van der Waals surface area contributed by atoms with Crippen LogP contribution in [0.2, 0.25) is 0 Å². The zero-order valence-electron chi connectivity index (χ0n) is 8.17. The molecule has 0 atom stereocenters. The molecular formula is C11H14O3. The van der Waals surface area contributed by atoms with Gasteiger partial charge in [0.2, 0.25) is 11.6 Å². The van der Waals surface area contributed by atoms with Crippen LogP contribution in [0.4, 0.5) is 0 Å². The van der Waals surface area contributed by atoms with E-state index in [9.17, 15) is 14.4 Å². The van der Waals surface area contributed by atoms with Gasteiger partial charge in [-0.25, -0.2) is 0 Å². The topological polar surface area (TPSA) is 51.2 Å². The van der Waals surface area contributed by atoms with Crippen molar-refractivity contribution < 1.29 is 14.4 Å². The largest absolute Gasteiger partial charge is 0.290 e. The van der Waals surface area contributed by atoms with Gasteiger partial charge in [-0.2, -0.15) is 0 Å². The van der Waals surface area contributed by atoms with E-state index in [-0.39, 0.29) is 5.41 Å². The van der Waals surface area contributed by atoms with Crippen LogP contribution in [0.25, 0.3) is 0 Å². The number of hydrogen-bond acceptors (Lipinski definition) is 3. The Hall–Kier alpha value is -0.990. The van der Waals surface area contributed by atoms with Crippen LogP contribution in [-0.4, -0.2) is 17.3 Å². The van der Waals surface area contributed by atoms with Crippen LogP contribution in [0.5, 0.6) is 0 Å². The number of ketones is 3. The lowest BCUT2D eigenvalue weighted by atomic mass is 9.64. The number of carbonyl (C=O) groups excluding carboxylic acids is 3. The minimum Gasteiger partial charge on any atom is -0.290 e. The highest BCUT2D eigenvalue weighted by molar-refractivity contribution is 6.64. The molecule has 3 heteroatoms. The van der Waals surface area contributed by atoms with Crippen LogP contribution in [0.15, 0.2) is 0 Å². The molecule has 0 aliphatic heterocycles. The summed E-state index contributed by atoms with van der Waals surface area (Å²) in [5.41, 5.74) is -0.139. The summed E-state index contributed by atoms with van der Waals surface area (Å²) in [5.74, 6) is -1.67. The van der Waals surface area contributed by atoms with Gasteiger partial charge < -0.3 is 0 Å². The summed E-state index contributed by atoms with van der Waals surface area (Å²) < 4.78 is 0. The summed E-state index contributed by atoms with van der Waals surface area (Å²) in [4.78, 5) is 33.7. The Morgan fingerprint density at radius 1 is 0.786 bits per heavy atom. The molecule has 76 valence electrons. The predicted octanol–water partition coefficient (Wildman–Crippen LogP) is 1.44. The zero-order chi connectivity index (χ0) is 10.2. The molecule has 0 aromatic heterocycles. The van der Waals surface area contributed by atoms with E-state index in [1.165, 1.54) is 6.42 Å². The average Bonchev–Trinajstić information content (AvgIpc) is 2.15. The van der Waals surface area contributed by atoms with E-state index >= 15 is 0 Å². The van der Waals surface area contributed by atoms with Gasteiger partial charge in [0.05, 0.1) is 0 Å². The molecule has 2 saturated carbocycles. The van der Waals surface area contributed by atoms with E-state index in [0.717, 1.165) is 25.7 Å². The van der Waals surface area contributed by atoms with Crippen molar-refractivity contribution in [3.05, 3.63) is 0 Å². The highest BCUT2D eigenvalue weighted by atomic mass is 16.2. The molecular weight excluding hydrogens is 180 g/mol. The molecule has 0 amide bonds. The Balaban J connectivity index is 2.18. The van der Waals surface area contributed by atoms with Gasteiger partial charge in [-0.05, 0) is 18.3 Å². The number of carbonyl (C=O) groups is 3. The van der Waals surface area contributed by atoms with Crippen molar-refractivity contribution in [2.24, 2.45) is 5.41 Å². The molecule has 3 nitrogen and oxygen atoms in total. The maximum atomic E-state index is 11.3. The van der Waals surface area contributed by atoms with Gasteiger partial charge >= 0.3 is 0 Å². The minimum absolute atomic E-state index is 0.139. The van der Waals surface area contributed by atoms with E-state index in [1.54, 1.807) is 0 Å². The van der Waals surface area contributed by atoms with Crippen molar-refractivity contribution in [1.29, 1.82) is 0 Å². The average molecular weight is 194 g/mol. The highest BCUT2D eigenvalue weighted by Gasteiger charge is 2.44. The predicted molar refractivity (Wildman–Crippen MR) is 49.8 cm³/mol. The molecule has 2 fully saturated rings. The standard InChI is InChI=1S/C11H14O3/c12-8-6-11(4-2-1-3-5-11)7-9(13)10(8)14/h1-7H2. The molecule has 2 aliphatic carbocycles. The Labute approximate surface area is 82.9 Å². The quantitative estimate of drug-likeness (QED) is 0.548. The third-order valence-corrected chi connectivity index (χ3v) is 3.49. The van der Waals surface area contributed by atoms with Gasteiger partial charge in [0.15, 0.2) is 0 Å². The first kappa shape index (κ1) is 9.56. The van der Waals surface area contributed by atoms with Crippen LogP contribution in [-0.2, 0) is 14.4 Å². The van der Waals surface area contributed by atoms with Crippen molar-refractivity contribution in [1.82, 2.24) is 0 Å². The highest BCUT2D eigenvalue weighted by Crippen LogP contribution is 2.44. The van der Waals surface area contributed by atoms with Crippen LogP contribution < -0.4 is 0 Å². The maximum Gasteiger partial charge on any atom is 0.264 e. The van der Waals surface area contributed by atoms with E-state index in [0.29, 0.717) is 12.8 Å². The van der Waals surface area contributed by atoms with E-state index < -0.39 is 17.3 Å². The van der Waals surface area contributed by atoms with Crippen molar-refractivity contribution >= 4 is 17.3 Å². The second-order valence-electron chi connectivity index (χ2n) is 4.59. The van der Waals surface area contributed by atoms with Crippen LogP contribution in [0.3, 0.4) is 0 Å². The van der Waals surface area contributed by atoms with Gasteiger partial charge in [0.25, 0.3) is 5.78 Å². The molecule has 0 N–H and O–H groups in total. The normalized spacial score (nSPS) is 27.0. The SMILES string of the molecule is O=C1CC2(CCCCC2)CC(=O)C1=O. The molecule has 2 aliphatic rings. The fourth-order valence-electron chi connectivity index (χ4n) is 2.72. The summed E-state index contributed by atoms with van der Waals surface area (Å²) >= 11 is 0. The Morgan fingerprint density at radius 2 is 1.29 bits per heavy atom. The lowest BCUT2D eigenvalue weighted by Gasteiger charge is -2.38. The Morgan fingerprint density at radius 3 is 1.79 bits per heavy atom. The molecule has 0 aromatic carbocycles. The molecule has 0 unspecified atom stereocenters. The third-order valence-electron chi connectivity index (χ3n) is 3.49. The van der Waals surface area contributed by atoms with Crippen LogP contribution in [0.1, 0.15) is 44.9 Å². The Kier molecular flexibility index (Phi) is 2.25. The minimum atomic E-state index is -0.763. The summed E-state index contributed by atoms with van der Waals surface area (Å²) in [6.45, 7) is 0. The second-order valence-corrected chi connectivity index (χ2v) is 4.59. The first-order chi connectivity index (χ1) is 6.63. The first-order valence-corrected chi connectivity index (χ1v) is 5.23. The fourth-order valence-corrected chi connectivity index (χ4v) is 2.72. The van der Waals surface area contributed by atoms with Gasteiger partial charge in [0, 0.05) is 12.8 Å². The fraction of sp³-hybridized carbons (Fsp3) is 0.727. The van der Waals surface area contributed by atoms with Crippen molar-refractivity contribution in [3.63, 3.8) is 0 Å². The summed E-state index contributed by atoms with van der Waals surface area (Å²) in [6.07, 6.45) is 5.90. The summed E-state index contributed by atoms with van der Waals surface area (Å²) in [7, 11) is 0. The maximum absolute atomic E-state index is 11.3. The Bertz CT molecular complexity index is 276. The molecule has 0 aromatic rings. The molecule has 14 heavy (non-hydrogen) atoms. The van der Waals surface area contributed by atoms with Crippen LogP contribution in [0, 0.1) is 5.41 Å². The van der Waals surface area contributed by atoms with Crippen molar-refractivity contribution in [2.45, 2.75) is 44.9 Å². The molecule has 0 heterocycles. The third kappa shape index (κ3) is 1.51. The molecule has 0 saturated heterocycles. The zero-order valence-corrected chi connectivity index (χ0v) is 8.17. The van der Waals surface area contributed by atoms with Gasteiger partial charge in [-0.15, -0.1) is 0 Å². The first-order valence-electron chi connectivity index (χ1n) is 5.23. The number of Topliss-reactive ketones (excluding diaryl/α,β-unsaturated/α-hetero) is 3. The smallest absolute Gasteiger partial charge is 0.264 e. The lowest BCUT2D eigenvalue weighted by molar-refractivity contribution is -0.149. The summed E-state index contributed by atoms with van der Waals surface area (Å²) in [6, 6.07) is 0. The molecule has 0 bridgehead atoms. The monoisotopic (exact) mass is 194 g/mol.